The smallest absolute Gasteiger partial charge is 0.777 e. The normalized spacial score (nSPS) is 14.9. The molecule has 0 saturated carbocycles. The van der Waals surface area contributed by atoms with Crippen LogP contribution in [0.3, 0.4) is 0 Å². The molecule has 4 atom stereocenters. The van der Waals surface area contributed by atoms with Crippen LogP contribution in [0.15, 0.2) is 287 Å². The van der Waals surface area contributed by atoms with E-state index in [0.29, 0.717) is 60.3 Å². The first-order valence-electron chi connectivity index (χ1n) is 34.4. The Hall–Kier alpha value is -7.74. The zero-order valence-electron chi connectivity index (χ0n) is 60.6. The number of rotatable bonds is 16. The van der Waals surface area contributed by atoms with Crippen molar-refractivity contribution >= 4 is 49.3 Å². The average Bonchev–Trinajstić information content (AvgIpc) is 0.902. The Morgan fingerprint density at radius 3 is 0.858 bits per heavy atom. The number of azo groups is 2. The van der Waals surface area contributed by atoms with Gasteiger partial charge in [0.2, 0.25) is 0 Å². The molecular weight excluding hydrogens is 1400 g/mol. The summed E-state index contributed by atoms with van der Waals surface area (Å²) in [6.45, 7) is 12.9. The van der Waals surface area contributed by atoms with Crippen molar-refractivity contribution in [3.8, 4) is 23.0 Å². The van der Waals surface area contributed by atoms with Gasteiger partial charge in [-0.25, -0.2) is 0 Å². The Morgan fingerprint density at radius 2 is 0.594 bits per heavy atom. The molecule has 2 aliphatic rings. The molecule has 0 radical (unpaired) electrons. The SMILES string of the molecule is CCOP(=O)([O-])C(Nc1ccc(N=Nc2ccccc2)cc1)c1ccccc1.CCOP(=O)([O-])C(Nc1ccc(N=Nc2ccccc2)cc1)c1ccccc1.O.O.[Na+].[Na+].c1ccc2c(c1)CNCCCNCc1ccccc1OCCO2.c1ccc2c(c1)CNCCCNCc1ccccc1OCCO2. The van der Waals surface area contributed by atoms with Crippen molar-refractivity contribution in [2.45, 2.75) is 64.4 Å². The number of para-hydroxylation sites is 4. The van der Waals surface area contributed by atoms with Gasteiger partial charge < -0.3 is 89.8 Å². The van der Waals surface area contributed by atoms with E-state index < -0.39 is 26.8 Å². The molecule has 2 heterocycles. The molecular formula is C80H94N10Na2O12P2. The molecule has 22 nitrogen and oxygen atoms in total. The third-order valence-electron chi connectivity index (χ3n) is 15.7. The maximum atomic E-state index is 12.6. The fourth-order valence-electron chi connectivity index (χ4n) is 10.6. The largest absolute Gasteiger partial charge is 1.00 e. The van der Waals surface area contributed by atoms with Crippen molar-refractivity contribution in [3.63, 3.8) is 0 Å². The van der Waals surface area contributed by atoms with Crippen molar-refractivity contribution in [1.29, 1.82) is 0 Å². The number of anilines is 2. The summed E-state index contributed by atoms with van der Waals surface area (Å²) in [6.07, 6.45) is 2.18. The van der Waals surface area contributed by atoms with Crippen LogP contribution in [0.2, 0.25) is 0 Å². The maximum Gasteiger partial charge on any atom is 1.00 e. The third kappa shape index (κ3) is 30.9. The van der Waals surface area contributed by atoms with Gasteiger partial charge in [-0.2, -0.15) is 20.5 Å². The average molecular weight is 1500 g/mol. The Kier molecular flexibility index (Phi) is 41.9. The summed E-state index contributed by atoms with van der Waals surface area (Å²) in [5.41, 5.74) is 10.1. The van der Waals surface area contributed by atoms with Gasteiger partial charge in [-0.1, -0.05) is 170 Å². The summed E-state index contributed by atoms with van der Waals surface area (Å²) in [4.78, 5) is 25.1. The minimum absolute atomic E-state index is 0. The fourth-order valence-corrected chi connectivity index (χ4v) is 13.3. The Balaban J connectivity index is 0.000000251. The van der Waals surface area contributed by atoms with Gasteiger partial charge in [0, 0.05) is 59.8 Å². The molecule has 106 heavy (non-hydrogen) atoms. The molecule has 0 aromatic heterocycles. The van der Waals surface area contributed by atoms with E-state index in [2.05, 4.69) is 76.6 Å². The third-order valence-corrected chi connectivity index (χ3v) is 19.0. The number of ether oxygens (including phenoxy) is 4. The van der Waals surface area contributed by atoms with Gasteiger partial charge in [-0.05, 0) is 161 Å². The Bertz CT molecular complexity index is 3840. The van der Waals surface area contributed by atoms with E-state index in [0.717, 1.165) is 99.6 Å². The summed E-state index contributed by atoms with van der Waals surface area (Å²) < 4.78 is 58.8. The quantitative estimate of drug-likeness (QED) is 0.0298. The summed E-state index contributed by atoms with van der Waals surface area (Å²) in [6, 6.07) is 83.6. The van der Waals surface area contributed by atoms with Crippen LogP contribution >= 0.6 is 15.2 Å². The molecule has 10 aromatic rings. The van der Waals surface area contributed by atoms with Gasteiger partial charge in [-0.3, -0.25) is 0 Å². The van der Waals surface area contributed by atoms with E-state index in [1.165, 1.54) is 22.3 Å². The molecule has 0 spiro atoms. The van der Waals surface area contributed by atoms with Crippen LogP contribution in [0.4, 0.5) is 34.1 Å². The zero-order chi connectivity index (χ0) is 71.1. The number of hydrogen-bond donors (Lipinski definition) is 6. The van der Waals surface area contributed by atoms with Gasteiger partial charge in [-0.15, -0.1) is 0 Å². The number of hydrogen-bond acceptors (Lipinski definition) is 20. The second-order valence-electron chi connectivity index (χ2n) is 23.2. The molecule has 0 bridgehead atoms. The Labute approximate surface area is 666 Å². The standard InChI is InChI=1S/2C21H22N3O3P.2C19H24N2O2.2Na.2H2O/c2*1-2-27-28(25,26)21(17-9-5-3-6-10-17)22-18-13-15-20(16-14-18)24-23-19-11-7-4-8-12-19;2*1-3-8-18-16(6-1)14-20-10-5-11-21-15-17-7-2-4-9-19(17)23-13-12-22-18;;;;/h2*3-16,21-22H,2H2,1H3,(H,25,26);2*1-4,6-9,20-21H,5,10-15H2;;;2*1H2/q;;;;2*+1;;/p-2. The molecule has 26 heteroatoms. The molecule has 0 saturated heterocycles. The number of benzene rings is 10. The topological polar surface area (TPSA) is 320 Å². The van der Waals surface area contributed by atoms with Crippen molar-refractivity contribution in [1.82, 2.24) is 21.3 Å². The van der Waals surface area contributed by atoms with Crippen molar-refractivity contribution in [3.05, 3.63) is 300 Å². The first-order valence-corrected chi connectivity index (χ1v) is 37.6. The van der Waals surface area contributed by atoms with E-state index in [-0.39, 0.29) is 83.3 Å². The number of nitrogens with zero attached hydrogens (tertiary/aromatic N) is 4. The van der Waals surface area contributed by atoms with Crippen LogP contribution in [0.5, 0.6) is 23.0 Å². The van der Waals surface area contributed by atoms with Crippen molar-refractivity contribution in [2.24, 2.45) is 20.5 Å². The van der Waals surface area contributed by atoms with Crippen LogP contribution in [0.1, 0.15) is 71.6 Å². The van der Waals surface area contributed by atoms with Gasteiger partial charge in [0.15, 0.2) is 15.2 Å². The van der Waals surface area contributed by atoms with Crippen LogP contribution in [0.25, 0.3) is 0 Å². The van der Waals surface area contributed by atoms with Crippen LogP contribution in [-0.4, -0.2) is 76.8 Å². The minimum atomic E-state index is -4.16. The molecule has 0 amide bonds. The predicted molar refractivity (Wildman–Crippen MR) is 409 cm³/mol. The maximum absolute atomic E-state index is 12.6. The van der Waals surface area contributed by atoms with Gasteiger partial charge in [0.25, 0.3) is 0 Å². The number of fused-ring (bicyclic) bond motifs is 4. The van der Waals surface area contributed by atoms with E-state index in [9.17, 15) is 18.9 Å². The summed E-state index contributed by atoms with van der Waals surface area (Å²) in [7, 11) is -8.32. The number of nitrogens with one attached hydrogen (secondary N) is 6. The van der Waals surface area contributed by atoms with Crippen LogP contribution < -0.4 is 120 Å². The molecule has 10 N–H and O–H groups in total. The Morgan fingerprint density at radius 1 is 0.358 bits per heavy atom. The first kappa shape index (κ1) is 88.9. The second kappa shape index (κ2) is 50.0. The molecule has 0 fully saturated rings. The fraction of sp³-hybridized carbons (Fsp3) is 0.250. The van der Waals surface area contributed by atoms with Gasteiger partial charge in [0.05, 0.1) is 36.0 Å². The van der Waals surface area contributed by atoms with Crippen LogP contribution in [0, 0.1) is 0 Å². The van der Waals surface area contributed by atoms with Crippen molar-refractivity contribution < 1.29 is 117 Å². The summed E-state index contributed by atoms with van der Waals surface area (Å²) in [5, 5.41) is 36.7. The molecule has 0 aliphatic carbocycles. The molecule has 10 aromatic carbocycles. The molecule has 548 valence electrons. The van der Waals surface area contributed by atoms with E-state index in [1.807, 2.05) is 146 Å². The van der Waals surface area contributed by atoms with Crippen LogP contribution in [-0.2, 0) is 44.4 Å². The molecule has 12 rings (SSSR count). The molecule has 4 unspecified atom stereocenters. The van der Waals surface area contributed by atoms with Crippen molar-refractivity contribution in [2.75, 3.05) is 76.5 Å². The molecule has 2 aliphatic heterocycles. The summed E-state index contributed by atoms with van der Waals surface area (Å²) >= 11 is 0. The minimum Gasteiger partial charge on any atom is -0.777 e. The zero-order valence-corrected chi connectivity index (χ0v) is 66.4. The van der Waals surface area contributed by atoms with E-state index >= 15 is 0 Å². The van der Waals surface area contributed by atoms with Gasteiger partial charge >= 0.3 is 59.1 Å². The monoisotopic (exact) mass is 1490 g/mol. The first-order chi connectivity index (χ1) is 50.0. The van der Waals surface area contributed by atoms with E-state index in [4.69, 9.17) is 28.0 Å². The summed E-state index contributed by atoms with van der Waals surface area (Å²) in [5.74, 6) is 1.78. The second-order valence-corrected chi connectivity index (χ2v) is 26.9. The predicted octanol–water partition coefficient (Wildman–Crippen LogP) is 9.42. The van der Waals surface area contributed by atoms with Gasteiger partial charge in [0.1, 0.15) is 61.0 Å². The van der Waals surface area contributed by atoms with E-state index in [1.54, 1.807) is 111 Å².